The lowest BCUT2D eigenvalue weighted by atomic mass is 10.2. The standard InChI is InChI=1S/C17H27BrN2O3.2ClH/c1-3-23-17-14(11-15(18)12-16(17)21-2)13-19-5-4-6-20-7-9-22-10-8-20;;/h11-12,19H,3-10,13H2,1-2H3;2*1H. The van der Waals surface area contributed by atoms with Gasteiger partial charge < -0.3 is 19.5 Å². The first-order chi connectivity index (χ1) is 11.2. The molecule has 0 aromatic heterocycles. The summed E-state index contributed by atoms with van der Waals surface area (Å²) in [4.78, 5) is 2.46. The molecule has 25 heavy (non-hydrogen) atoms. The highest BCUT2D eigenvalue weighted by molar-refractivity contribution is 9.10. The maximum atomic E-state index is 5.76. The smallest absolute Gasteiger partial charge is 0.165 e. The molecule has 1 N–H and O–H groups in total. The van der Waals surface area contributed by atoms with Crippen LogP contribution in [0.15, 0.2) is 16.6 Å². The number of benzene rings is 1. The molecule has 0 aliphatic carbocycles. The molecular formula is C17H29BrCl2N2O3. The normalized spacial score (nSPS) is 14.4. The Morgan fingerprint density at radius 3 is 2.60 bits per heavy atom. The highest BCUT2D eigenvalue weighted by Crippen LogP contribution is 2.34. The van der Waals surface area contributed by atoms with Crippen LogP contribution in [0.4, 0.5) is 0 Å². The summed E-state index contributed by atoms with van der Waals surface area (Å²) in [7, 11) is 1.67. The van der Waals surface area contributed by atoms with Crippen LogP contribution in [0.5, 0.6) is 11.5 Å². The summed E-state index contributed by atoms with van der Waals surface area (Å²) >= 11 is 3.53. The Balaban J connectivity index is 0.00000288. The number of rotatable bonds is 9. The Labute approximate surface area is 171 Å². The molecule has 1 aromatic carbocycles. The van der Waals surface area contributed by atoms with Gasteiger partial charge in [-0.05, 0) is 38.6 Å². The van der Waals surface area contributed by atoms with E-state index in [-0.39, 0.29) is 24.8 Å². The summed E-state index contributed by atoms with van der Waals surface area (Å²) < 4.78 is 17.6. The third-order valence-corrected chi connectivity index (χ3v) is 4.31. The van der Waals surface area contributed by atoms with Crippen molar-refractivity contribution in [2.24, 2.45) is 0 Å². The molecule has 0 radical (unpaired) electrons. The summed E-state index contributed by atoms with van der Waals surface area (Å²) in [5.74, 6) is 1.60. The highest BCUT2D eigenvalue weighted by Gasteiger charge is 2.12. The second kappa shape index (κ2) is 13.9. The lowest BCUT2D eigenvalue weighted by Crippen LogP contribution is -2.37. The lowest BCUT2D eigenvalue weighted by Gasteiger charge is -2.26. The molecule has 0 atom stereocenters. The molecule has 1 aliphatic heterocycles. The van der Waals surface area contributed by atoms with Crippen LogP contribution >= 0.6 is 40.7 Å². The molecule has 0 amide bonds. The molecule has 1 saturated heterocycles. The van der Waals surface area contributed by atoms with E-state index in [4.69, 9.17) is 14.2 Å². The van der Waals surface area contributed by atoms with Crippen molar-refractivity contribution in [2.75, 3.05) is 53.1 Å². The van der Waals surface area contributed by atoms with Gasteiger partial charge in [0.2, 0.25) is 0 Å². The van der Waals surface area contributed by atoms with Crippen LogP contribution in [0, 0.1) is 0 Å². The lowest BCUT2D eigenvalue weighted by molar-refractivity contribution is 0.0374. The molecular weight excluding hydrogens is 431 g/mol. The topological polar surface area (TPSA) is 43.0 Å². The van der Waals surface area contributed by atoms with Gasteiger partial charge in [-0.2, -0.15) is 0 Å². The fourth-order valence-electron chi connectivity index (χ4n) is 2.69. The summed E-state index contributed by atoms with van der Waals surface area (Å²) in [6.07, 6.45) is 1.13. The van der Waals surface area contributed by atoms with E-state index in [1.807, 2.05) is 13.0 Å². The Morgan fingerprint density at radius 1 is 1.24 bits per heavy atom. The van der Waals surface area contributed by atoms with Gasteiger partial charge in [0.15, 0.2) is 11.5 Å². The first-order valence-corrected chi connectivity index (χ1v) is 9.04. The van der Waals surface area contributed by atoms with E-state index in [0.29, 0.717) is 6.61 Å². The van der Waals surface area contributed by atoms with Crippen LogP contribution in [-0.2, 0) is 11.3 Å². The van der Waals surface area contributed by atoms with Crippen LogP contribution in [0.1, 0.15) is 18.9 Å². The third-order valence-electron chi connectivity index (χ3n) is 3.85. The molecule has 0 saturated carbocycles. The van der Waals surface area contributed by atoms with Crippen molar-refractivity contribution in [3.05, 3.63) is 22.2 Å². The van der Waals surface area contributed by atoms with Gasteiger partial charge >= 0.3 is 0 Å². The number of methoxy groups -OCH3 is 1. The molecule has 8 heteroatoms. The summed E-state index contributed by atoms with van der Waals surface area (Å²) in [6.45, 7) is 9.33. The van der Waals surface area contributed by atoms with Gasteiger partial charge in [0.25, 0.3) is 0 Å². The van der Waals surface area contributed by atoms with Crippen molar-refractivity contribution in [3.63, 3.8) is 0 Å². The fraction of sp³-hybridized carbons (Fsp3) is 0.647. The number of nitrogens with zero attached hydrogens (tertiary/aromatic N) is 1. The van der Waals surface area contributed by atoms with E-state index in [1.165, 1.54) is 0 Å². The summed E-state index contributed by atoms with van der Waals surface area (Å²) in [6, 6.07) is 4.02. The molecule has 0 bridgehead atoms. The second-order valence-electron chi connectivity index (χ2n) is 5.51. The van der Waals surface area contributed by atoms with Crippen molar-refractivity contribution in [1.82, 2.24) is 10.2 Å². The van der Waals surface area contributed by atoms with Crippen LogP contribution in [0.25, 0.3) is 0 Å². The van der Waals surface area contributed by atoms with Crippen molar-refractivity contribution >= 4 is 40.7 Å². The van der Waals surface area contributed by atoms with E-state index in [9.17, 15) is 0 Å². The first-order valence-electron chi connectivity index (χ1n) is 8.24. The van der Waals surface area contributed by atoms with Gasteiger partial charge in [-0.15, -0.1) is 24.8 Å². The van der Waals surface area contributed by atoms with Crippen LogP contribution in [0.2, 0.25) is 0 Å². The summed E-state index contributed by atoms with van der Waals surface area (Å²) in [5, 5.41) is 3.50. The quantitative estimate of drug-likeness (QED) is 0.572. The molecule has 1 aromatic rings. The predicted molar refractivity (Wildman–Crippen MR) is 110 cm³/mol. The van der Waals surface area contributed by atoms with Crippen molar-refractivity contribution < 1.29 is 14.2 Å². The van der Waals surface area contributed by atoms with E-state index < -0.39 is 0 Å². The maximum absolute atomic E-state index is 5.76. The van der Waals surface area contributed by atoms with Crippen molar-refractivity contribution in [1.29, 1.82) is 0 Å². The molecule has 146 valence electrons. The van der Waals surface area contributed by atoms with Crippen LogP contribution in [-0.4, -0.2) is 58.0 Å². The molecule has 0 unspecified atom stereocenters. The number of nitrogens with one attached hydrogen (secondary N) is 1. The predicted octanol–water partition coefficient (Wildman–Crippen LogP) is 3.51. The van der Waals surface area contributed by atoms with E-state index in [0.717, 1.165) is 73.9 Å². The molecule has 1 heterocycles. The maximum Gasteiger partial charge on any atom is 0.165 e. The number of hydrogen-bond donors (Lipinski definition) is 1. The van der Waals surface area contributed by atoms with Gasteiger partial charge in [0, 0.05) is 29.7 Å². The average molecular weight is 460 g/mol. The Hall–Kier alpha value is -0.240. The largest absolute Gasteiger partial charge is 0.493 e. The van der Waals surface area contributed by atoms with Gasteiger partial charge in [-0.25, -0.2) is 0 Å². The molecule has 0 spiro atoms. The minimum atomic E-state index is 0. The third kappa shape index (κ3) is 8.33. The zero-order valence-electron chi connectivity index (χ0n) is 14.9. The SMILES string of the molecule is CCOc1c(CNCCCN2CCOCC2)cc(Br)cc1OC.Cl.Cl. The minimum Gasteiger partial charge on any atom is -0.493 e. The Bertz CT molecular complexity index is 489. The number of hydrogen-bond acceptors (Lipinski definition) is 5. The first kappa shape index (κ1) is 24.8. The van der Waals surface area contributed by atoms with Gasteiger partial charge in [-0.1, -0.05) is 15.9 Å². The minimum absolute atomic E-state index is 0. The van der Waals surface area contributed by atoms with Crippen LogP contribution < -0.4 is 14.8 Å². The van der Waals surface area contributed by atoms with Gasteiger partial charge in [0.05, 0.1) is 26.9 Å². The highest BCUT2D eigenvalue weighted by atomic mass is 79.9. The van der Waals surface area contributed by atoms with Crippen LogP contribution in [0.3, 0.4) is 0 Å². The molecule has 5 nitrogen and oxygen atoms in total. The zero-order chi connectivity index (χ0) is 16.5. The number of ether oxygens (including phenoxy) is 3. The number of morpholine rings is 1. The monoisotopic (exact) mass is 458 g/mol. The summed E-state index contributed by atoms with van der Waals surface area (Å²) in [5.41, 5.74) is 1.12. The van der Waals surface area contributed by atoms with E-state index in [2.05, 4.69) is 32.2 Å². The average Bonchev–Trinajstić information content (AvgIpc) is 2.57. The Kier molecular flexibility index (Phi) is 13.8. The Morgan fingerprint density at radius 2 is 1.96 bits per heavy atom. The second-order valence-corrected chi connectivity index (χ2v) is 6.43. The molecule has 1 fully saturated rings. The van der Waals surface area contributed by atoms with Crippen molar-refractivity contribution in [2.45, 2.75) is 19.9 Å². The van der Waals surface area contributed by atoms with E-state index in [1.54, 1.807) is 7.11 Å². The van der Waals surface area contributed by atoms with E-state index >= 15 is 0 Å². The zero-order valence-corrected chi connectivity index (χ0v) is 18.1. The number of halogens is 3. The molecule has 1 aliphatic rings. The van der Waals surface area contributed by atoms with Gasteiger partial charge in [0.1, 0.15) is 0 Å². The van der Waals surface area contributed by atoms with Gasteiger partial charge in [-0.3, -0.25) is 4.90 Å². The molecule has 2 rings (SSSR count). The van der Waals surface area contributed by atoms with Crippen molar-refractivity contribution in [3.8, 4) is 11.5 Å². The fourth-order valence-corrected chi connectivity index (χ4v) is 3.17.